The fourth-order valence-corrected chi connectivity index (χ4v) is 5.52. The Morgan fingerprint density at radius 2 is 0.700 bits per heavy atom. The Morgan fingerprint density at radius 3 is 1.12 bits per heavy atom. The average molecular weight is 825 g/mol. The topological polar surface area (TPSA) is 61.8 Å². The highest BCUT2D eigenvalue weighted by molar-refractivity contribution is 5.70. The van der Waals surface area contributed by atoms with E-state index in [-0.39, 0.29) is 25.2 Å². The number of esters is 2. The van der Waals surface area contributed by atoms with Crippen molar-refractivity contribution in [1.82, 2.24) is 0 Å². The van der Waals surface area contributed by atoms with Crippen LogP contribution in [0.1, 0.15) is 162 Å². The Bertz CT molecular complexity index is 1350. The van der Waals surface area contributed by atoms with Gasteiger partial charge in [-0.3, -0.25) is 9.59 Å². The largest absolute Gasteiger partial charge is 0.462 e. The zero-order valence-corrected chi connectivity index (χ0v) is 38.2. The maximum absolute atomic E-state index is 12.7. The van der Waals surface area contributed by atoms with Crippen molar-refractivity contribution in [2.45, 2.75) is 168 Å². The normalized spacial score (nSPS) is 13.6. The highest BCUT2D eigenvalue weighted by Gasteiger charge is 2.17. The van der Waals surface area contributed by atoms with Crippen molar-refractivity contribution in [1.29, 1.82) is 0 Å². The first kappa shape index (κ1) is 55.8. The summed E-state index contributed by atoms with van der Waals surface area (Å²) >= 11 is 0. The lowest BCUT2D eigenvalue weighted by Crippen LogP contribution is -2.30. The molecule has 5 heteroatoms. The standard InChI is InChI=1S/C55H84O5/c1-4-7-10-13-16-19-22-25-27-29-32-35-38-41-44-47-50-58-51-53(60-55(57)49-46-43-40-37-34-30-24-21-18-15-12-9-6-3)52-59-54(56)48-45-42-39-36-33-31-28-26-23-20-17-14-11-8-5-2/h7-12,16-21,25-28,30,32-36,41,44,53H,4-6,13-15,22-24,29,31,37-40,42-43,45-52H2,1-3H3/b10-7-,11-8-,12-9-,19-16-,20-17-,21-18-,27-25-,28-26-,34-30-,35-32-,36-33-,44-41-. The van der Waals surface area contributed by atoms with Gasteiger partial charge in [-0.15, -0.1) is 0 Å². The molecule has 0 aromatic carbocycles. The molecule has 0 radical (unpaired) electrons. The van der Waals surface area contributed by atoms with Crippen molar-refractivity contribution in [3.8, 4) is 0 Å². The molecule has 0 fully saturated rings. The van der Waals surface area contributed by atoms with Gasteiger partial charge in [0.1, 0.15) is 6.61 Å². The van der Waals surface area contributed by atoms with Crippen molar-refractivity contribution in [2.75, 3.05) is 19.8 Å². The van der Waals surface area contributed by atoms with Gasteiger partial charge in [-0.1, -0.05) is 173 Å². The van der Waals surface area contributed by atoms with Crippen LogP contribution >= 0.6 is 0 Å². The molecule has 0 aliphatic rings. The van der Waals surface area contributed by atoms with Crippen molar-refractivity contribution >= 4 is 11.9 Å². The van der Waals surface area contributed by atoms with Crippen LogP contribution in [-0.4, -0.2) is 37.9 Å². The van der Waals surface area contributed by atoms with Crippen molar-refractivity contribution in [2.24, 2.45) is 0 Å². The van der Waals surface area contributed by atoms with Gasteiger partial charge in [-0.2, -0.15) is 0 Å². The highest BCUT2D eigenvalue weighted by atomic mass is 16.6. The molecule has 0 aromatic rings. The molecule has 0 N–H and O–H groups in total. The Morgan fingerprint density at radius 1 is 0.367 bits per heavy atom. The van der Waals surface area contributed by atoms with E-state index in [2.05, 4.69) is 167 Å². The van der Waals surface area contributed by atoms with E-state index in [0.717, 1.165) is 128 Å². The monoisotopic (exact) mass is 825 g/mol. The lowest BCUT2D eigenvalue weighted by atomic mass is 10.1. The van der Waals surface area contributed by atoms with Gasteiger partial charge in [0.2, 0.25) is 0 Å². The zero-order valence-electron chi connectivity index (χ0n) is 38.2. The van der Waals surface area contributed by atoms with Crippen LogP contribution in [0.25, 0.3) is 0 Å². The molecule has 0 saturated carbocycles. The molecule has 0 aliphatic heterocycles. The first-order chi connectivity index (χ1) is 29.6. The maximum Gasteiger partial charge on any atom is 0.306 e. The average Bonchev–Trinajstić information content (AvgIpc) is 3.25. The number of carbonyl (C=O) groups excluding carboxylic acids is 2. The van der Waals surface area contributed by atoms with Gasteiger partial charge < -0.3 is 14.2 Å². The molecule has 1 atom stereocenters. The van der Waals surface area contributed by atoms with E-state index in [1.165, 1.54) is 0 Å². The molecule has 0 bridgehead atoms. The second kappa shape index (κ2) is 49.1. The van der Waals surface area contributed by atoms with E-state index < -0.39 is 6.10 Å². The molecule has 0 spiro atoms. The van der Waals surface area contributed by atoms with E-state index in [4.69, 9.17) is 14.2 Å². The van der Waals surface area contributed by atoms with Crippen LogP contribution in [0.4, 0.5) is 0 Å². The smallest absolute Gasteiger partial charge is 0.306 e. The Hall–Kier alpha value is -4.22. The third-order valence-electron chi connectivity index (χ3n) is 8.87. The SMILES string of the molecule is CC/C=C\C/C=C\C/C=C\C/C=C\C/C=C\CCOCC(COC(=O)CCCC/C=C\C/C=C\C/C=C\C/C=C\CC)OC(=O)CCCCC/C=C\C/C=C\C/C=C\CC. The van der Waals surface area contributed by atoms with Crippen molar-refractivity contribution < 1.29 is 23.8 Å². The minimum atomic E-state index is -0.618. The van der Waals surface area contributed by atoms with Crippen LogP contribution in [0.5, 0.6) is 0 Å². The molecular weight excluding hydrogens is 741 g/mol. The molecule has 0 aliphatic carbocycles. The summed E-state index contributed by atoms with van der Waals surface area (Å²) in [5.74, 6) is -0.537. The number of carbonyl (C=O) groups is 2. The van der Waals surface area contributed by atoms with Crippen LogP contribution in [-0.2, 0) is 23.8 Å². The molecule has 0 aromatic heterocycles. The van der Waals surface area contributed by atoms with Crippen LogP contribution < -0.4 is 0 Å². The number of rotatable bonds is 40. The zero-order chi connectivity index (χ0) is 43.5. The summed E-state index contributed by atoms with van der Waals surface area (Å²) in [6.07, 6.45) is 71.6. The summed E-state index contributed by atoms with van der Waals surface area (Å²) in [4.78, 5) is 25.3. The third-order valence-corrected chi connectivity index (χ3v) is 8.87. The van der Waals surface area contributed by atoms with Crippen LogP contribution in [0.15, 0.2) is 146 Å². The third kappa shape index (κ3) is 46.5. The Labute approximate surface area is 368 Å². The maximum atomic E-state index is 12.7. The second-order valence-electron chi connectivity index (χ2n) is 14.5. The summed E-state index contributed by atoms with van der Waals surface area (Å²) in [6, 6.07) is 0. The summed E-state index contributed by atoms with van der Waals surface area (Å²) in [5, 5.41) is 0. The van der Waals surface area contributed by atoms with Gasteiger partial charge in [0.25, 0.3) is 0 Å². The molecule has 5 nitrogen and oxygen atoms in total. The number of ether oxygens (including phenoxy) is 3. The number of hydrogen-bond acceptors (Lipinski definition) is 5. The lowest BCUT2D eigenvalue weighted by molar-refractivity contribution is -0.162. The number of allylic oxidation sites excluding steroid dienone is 23. The first-order valence-corrected chi connectivity index (χ1v) is 23.4. The minimum absolute atomic E-state index is 0.0112. The lowest BCUT2D eigenvalue weighted by Gasteiger charge is -2.18. The molecule has 1 unspecified atom stereocenters. The van der Waals surface area contributed by atoms with Crippen LogP contribution in [0.2, 0.25) is 0 Å². The Balaban J connectivity index is 4.54. The van der Waals surface area contributed by atoms with Gasteiger partial charge in [-0.25, -0.2) is 0 Å². The first-order valence-electron chi connectivity index (χ1n) is 23.4. The quantitative estimate of drug-likeness (QED) is 0.0350. The Kier molecular flexibility index (Phi) is 45.7. The van der Waals surface area contributed by atoms with E-state index in [9.17, 15) is 9.59 Å². The van der Waals surface area contributed by atoms with E-state index in [1.54, 1.807) is 0 Å². The van der Waals surface area contributed by atoms with E-state index in [0.29, 0.717) is 19.4 Å². The predicted octanol–water partition coefficient (Wildman–Crippen LogP) is 15.8. The predicted molar refractivity (Wildman–Crippen MR) is 260 cm³/mol. The molecule has 60 heavy (non-hydrogen) atoms. The van der Waals surface area contributed by atoms with Gasteiger partial charge >= 0.3 is 11.9 Å². The van der Waals surface area contributed by atoms with Gasteiger partial charge in [0.15, 0.2) is 6.10 Å². The molecule has 0 heterocycles. The molecule has 334 valence electrons. The van der Waals surface area contributed by atoms with E-state index >= 15 is 0 Å². The molecule has 0 rings (SSSR count). The van der Waals surface area contributed by atoms with Gasteiger partial charge in [0, 0.05) is 12.8 Å². The molecule has 0 amide bonds. The van der Waals surface area contributed by atoms with Gasteiger partial charge in [0.05, 0.1) is 13.2 Å². The number of hydrogen-bond donors (Lipinski definition) is 0. The highest BCUT2D eigenvalue weighted by Crippen LogP contribution is 2.09. The molecular formula is C55H84O5. The second-order valence-corrected chi connectivity index (χ2v) is 14.5. The molecule has 0 saturated heterocycles. The fraction of sp³-hybridized carbons (Fsp3) is 0.527. The fourth-order valence-electron chi connectivity index (χ4n) is 5.52. The van der Waals surface area contributed by atoms with Crippen LogP contribution in [0, 0.1) is 0 Å². The summed E-state index contributed by atoms with van der Waals surface area (Å²) in [5.41, 5.74) is 0. The number of unbranched alkanes of at least 4 members (excludes halogenated alkanes) is 5. The van der Waals surface area contributed by atoms with Crippen molar-refractivity contribution in [3.05, 3.63) is 146 Å². The summed E-state index contributed by atoms with van der Waals surface area (Å²) in [7, 11) is 0. The minimum Gasteiger partial charge on any atom is -0.462 e. The van der Waals surface area contributed by atoms with Crippen molar-refractivity contribution in [3.63, 3.8) is 0 Å². The van der Waals surface area contributed by atoms with E-state index in [1.807, 2.05) is 0 Å². The summed E-state index contributed by atoms with van der Waals surface area (Å²) < 4.78 is 17.2. The summed E-state index contributed by atoms with van der Waals surface area (Å²) in [6.45, 7) is 7.16. The van der Waals surface area contributed by atoms with Crippen LogP contribution in [0.3, 0.4) is 0 Å². The van der Waals surface area contributed by atoms with Gasteiger partial charge in [-0.05, 0) is 122 Å².